The molecule has 0 aliphatic carbocycles. The molecule has 1 amide bonds. The molecular formula is C20H21F3N2O3S. The molecule has 0 N–H and O–H groups in total. The van der Waals surface area contributed by atoms with Gasteiger partial charge >= 0.3 is 12.1 Å². The highest BCUT2D eigenvalue weighted by Gasteiger charge is 2.30. The Balaban J connectivity index is 1.66. The monoisotopic (exact) mass is 426 g/mol. The molecule has 1 aliphatic rings. The van der Waals surface area contributed by atoms with Crippen molar-refractivity contribution in [2.45, 2.75) is 45.3 Å². The molecule has 1 unspecified atom stereocenters. The van der Waals surface area contributed by atoms with Gasteiger partial charge < -0.3 is 9.64 Å². The van der Waals surface area contributed by atoms with E-state index in [9.17, 15) is 22.8 Å². The third kappa shape index (κ3) is 4.95. The minimum atomic E-state index is -4.41. The van der Waals surface area contributed by atoms with Crippen molar-refractivity contribution in [2.75, 3.05) is 13.2 Å². The van der Waals surface area contributed by atoms with Gasteiger partial charge in [0.05, 0.1) is 11.3 Å². The quantitative estimate of drug-likeness (QED) is 0.666. The van der Waals surface area contributed by atoms with E-state index in [0.29, 0.717) is 22.8 Å². The maximum atomic E-state index is 12.7. The highest BCUT2D eigenvalue weighted by Crippen LogP contribution is 2.33. The van der Waals surface area contributed by atoms with Crippen LogP contribution in [0.25, 0.3) is 10.6 Å². The molecule has 3 rings (SSSR count). The molecule has 9 heteroatoms. The van der Waals surface area contributed by atoms with Crippen molar-refractivity contribution >= 4 is 23.2 Å². The lowest BCUT2D eigenvalue weighted by Crippen LogP contribution is -2.44. The summed E-state index contributed by atoms with van der Waals surface area (Å²) in [6.45, 7) is 3.92. The van der Waals surface area contributed by atoms with E-state index in [1.165, 1.54) is 12.1 Å². The minimum absolute atomic E-state index is 0.131. The summed E-state index contributed by atoms with van der Waals surface area (Å²) in [6, 6.07) is 4.71. The van der Waals surface area contributed by atoms with E-state index in [1.54, 1.807) is 11.8 Å². The number of hydrogen-bond donors (Lipinski definition) is 0. The zero-order valence-corrected chi connectivity index (χ0v) is 16.9. The Morgan fingerprint density at radius 3 is 2.55 bits per heavy atom. The molecule has 1 aliphatic heterocycles. The Kier molecular flexibility index (Phi) is 6.26. The van der Waals surface area contributed by atoms with Crippen molar-refractivity contribution in [1.29, 1.82) is 0 Å². The van der Waals surface area contributed by atoms with Crippen LogP contribution in [0.5, 0.6) is 0 Å². The summed E-state index contributed by atoms with van der Waals surface area (Å²) < 4.78 is 43.3. The summed E-state index contributed by atoms with van der Waals surface area (Å²) >= 11 is 1.03. The first-order valence-corrected chi connectivity index (χ1v) is 10.1. The number of piperidine rings is 1. The number of benzene rings is 1. The van der Waals surface area contributed by atoms with Crippen LogP contribution in [0.15, 0.2) is 24.3 Å². The SMILES string of the molecule is Cc1nc(-c2ccc(C(F)(F)F)cc2)sc1C(=O)OCC(=O)N1CCCCC1C. The standard InChI is InChI=1S/C20H21F3N2O3S/c1-12-5-3-4-10-25(12)16(26)11-28-19(27)17-13(2)24-18(29-17)14-6-8-15(9-7-14)20(21,22)23/h6-9,12H,3-5,10-11H2,1-2H3. The van der Waals surface area contributed by atoms with Gasteiger partial charge in [-0.1, -0.05) is 12.1 Å². The fourth-order valence-corrected chi connectivity index (χ4v) is 4.22. The zero-order chi connectivity index (χ0) is 21.2. The van der Waals surface area contributed by atoms with Gasteiger partial charge in [-0.05, 0) is 45.2 Å². The van der Waals surface area contributed by atoms with Crippen LogP contribution < -0.4 is 0 Å². The van der Waals surface area contributed by atoms with E-state index in [0.717, 1.165) is 42.7 Å². The van der Waals surface area contributed by atoms with Crippen LogP contribution in [0.3, 0.4) is 0 Å². The Bertz CT molecular complexity index is 893. The number of ether oxygens (including phenoxy) is 1. The molecule has 2 heterocycles. The fourth-order valence-electron chi connectivity index (χ4n) is 3.26. The molecule has 1 aromatic carbocycles. The summed E-state index contributed by atoms with van der Waals surface area (Å²) in [5, 5.41) is 0.416. The second-order valence-electron chi connectivity index (χ2n) is 7.02. The van der Waals surface area contributed by atoms with Gasteiger partial charge in [0.15, 0.2) is 6.61 Å². The lowest BCUT2D eigenvalue weighted by atomic mass is 10.0. The van der Waals surface area contributed by atoms with Crippen LogP contribution in [-0.2, 0) is 15.7 Å². The third-order valence-corrected chi connectivity index (χ3v) is 6.08. The lowest BCUT2D eigenvalue weighted by molar-refractivity contribution is -0.138. The summed E-state index contributed by atoms with van der Waals surface area (Å²) in [4.78, 5) is 30.9. The third-order valence-electron chi connectivity index (χ3n) is 4.89. The molecule has 1 atom stereocenters. The maximum absolute atomic E-state index is 12.7. The van der Waals surface area contributed by atoms with Crippen molar-refractivity contribution in [3.8, 4) is 10.6 Å². The molecule has 1 aromatic heterocycles. The number of halogens is 3. The van der Waals surface area contributed by atoms with Crippen LogP contribution >= 0.6 is 11.3 Å². The van der Waals surface area contributed by atoms with Gasteiger partial charge in [0.2, 0.25) is 0 Å². The number of aromatic nitrogens is 1. The number of likely N-dealkylation sites (tertiary alicyclic amines) is 1. The van der Waals surface area contributed by atoms with Crippen LogP contribution in [-0.4, -0.2) is 41.0 Å². The number of alkyl halides is 3. The average Bonchev–Trinajstić information content (AvgIpc) is 3.07. The number of carbonyl (C=O) groups excluding carboxylic acids is 2. The van der Waals surface area contributed by atoms with E-state index in [-0.39, 0.29) is 23.4 Å². The first-order valence-electron chi connectivity index (χ1n) is 9.28. The fraction of sp³-hybridized carbons (Fsp3) is 0.450. The molecular weight excluding hydrogens is 405 g/mol. The van der Waals surface area contributed by atoms with E-state index in [4.69, 9.17) is 4.74 Å². The van der Waals surface area contributed by atoms with E-state index in [2.05, 4.69) is 4.98 Å². The zero-order valence-electron chi connectivity index (χ0n) is 16.1. The van der Waals surface area contributed by atoms with E-state index >= 15 is 0 Å². The highest BCUT2D eigenvalue weighted by atomic mass is 32.1. The number of hydrogen-bond acceptors (Lipinski definition) is 5. The topological polar surface area (TPSA) is 59.5 Å². The summed E-state index contributed by atoms with van der Waals surface area (Å²) in [7, 11) is 0. The van der Waals surface area contributed by atoms with Crippen molar-refractivity contribution in [2.24, 2.45) is 0 Å². The van der Waals surface area contributed by atoms with Gasteiger partial charge in [-0.3, -0.25) is 4.79 Å². The molecule has 1 saturated heterocycles. The molecule has 156 valence electrons. The van der Waals surface area contributed by atoms with E-state index in [1.807, 2.05) is 6.92 Å². The molecule has 0 saturated carbocycles. The largest absolute Gasteiger partial charge is 0.451 e. The number of rotatable bonds is 4. The van der Waals surface area contributed by atoms with Crippen molar-refractivity contribution in [1.82, 2.24) is 9.88 Å². The lowest BCUT2D eigenvalue weighted by Gasteiger charge is -2.33. The van der Waals surface area contributed by atoms with Gasteiger partial charge in [0, 0.05) is 18.2 Å². The molecule has 2 aromatic rings. The predicted molar refractivity (Wildman–Crippen MR) is 103 cm³/mol. The number of carbonyl (C=O) groups is 2. The predicted octanol–water partition coefficient (Wildman–Crippen LogP) is 4.70. The van der Waals surface area contributed by atoms with Crippen LogP contribution in [0.4, 0.5) is 13.2 Å². The van der Waals surface area contributed by atoms with Crippen LogP contribution in [0.1, 0.15) is 47.1 Å². The number of amides is 1. The average molecular weight is 426 g/mol. The maximum Gasteiger partial charge on any atom is 0.416 e. The second kappa shape index (κ2) is 8.52. The summed E-state index contributed by atoms with van der Waals surface area (Å²) in [5.41, 5.74) is 0.136. The number of aryl methyl sites for hydroxylation is 1. The Morgan fingerprint density at radius 2 is 1.93 bits per heavy atom. The molecule has 5 nitrogen and oxygen atoms in total. The first kappa shape index (κ1) is 21.3. The molecule has 1 fully saturated rings. The van der Waals surface area contributed by atoms with Gasteiger partial charge in [0.25, 0.3) is 5.91 Å². The summed E-state index contributed by atoms with van der Waals surface area (Å²) in [5.74, 6) is -0.883. The van der Waals surface area contributed by atoms with Gasteiger partial charge in [0.1, 0.15) is 9.88 Å². The molecule has 0 radical (unpaired) electrons. The number of nitrogens with zero attached hydrogens (tertiary/aromatic N) is 2. The minimum Gasteiger partial charge on any atom is -0.451 e. The highest BCUT2D eigenvalue weighted by molar-refractivity contribution is 7.17. The van der Waals surface area contributed by atoms with Gasteiger partial charge in [-0.2, -0.15) is 13.2 Å². The van der Waals surface area contributed by atoms with Gasteiger partial charge in [-0.25, -0.2) is 9.78 Å². The smallest absolute Gasteiger partial charge is 0.416 e. The molecule has 0 spiro atoms. The van der Waals surface area contributed by atoms with Crippen molar-refractivity contribution in [3.05, 3.63) is 40.4 Å². The number of thiazole rings is 1. The molecule has 0 bridgehead atoms. The van der Waals surface area contributed by atoms with Crippen molar-refractivity contribution in [3.63, 3.8) is 0 Å². The Morgan fingerprint density at radius 1 is 1.24 bits per heavy atom. The van der Waals surface area contributed by atoms with Gasteiger partial charge in [-0.15, -0.1) is 11.3 Å². The molecule has 29 heavy (non-hydrogen) atoms. The Labute approximate surface area is 170 Å². The van der Waals surface area contributed by atoms with Crippen LogP contribution in [0.2, 0.25) is 0 Å². The van der Waals surface area contributed by atoms with E-state index < -0.39 is 17.7 Å². The normalized spacial score (nSPS) is 17.3. The number of esters is 1. The summed E-state index contributed by atoms with van der Waals surface area (Å²) in [6.07, 6.45) is -1.46. The van der Waals surface area contributed by atoms with Crippen molar-refractivity contribution < 1.29 is 27.5 Å². The van der Waals surface area contributed by atoms with Crippen LogP contribution in [0, 0.1) is 6.92 Å². The Hall–Kier alpha value is -2.42. The second-order valence-corrected chi connectivity index (χ2v) is 8.02. The first-order chi connectivity index (χ1) is 13.7.